The van der Waals surface area contributed by atoms with Crippen LogP contribution in [0.1, 0.15) is 51.5 Å². The molecule has 116 valence electrons. The molecule has 0 bridgehead atoms. The Bertz CT molecular complexity index is 442. The maximum Gasteiger partial charge on any atom is 0.0349 e. The van der Waals surface area contributed by atoms with Crippen LogP contribution in [0, 0.1) is 5.92 Å². The molecule has 2 nitrogen and oxygen atoms in total. The highest BCUT2D eigenvalue weighted by Crippen LogP contribution is 2.37. The third kappa shape index (κ3) is 4.70. The summed E-state index contributed by atoms with van der Waals surface area (Å²) in [5.74, 6) is 0.774. The molecular formula is C18H26BrN2-. The van der Waals surface area contributed by atoms with Gasteiger partial charge in [0.2, 0.25) is 0 Å². The van der Waals surface area contributed by atoms with Gasteiger partial charge in [0.1, 0.15) is 0 Å². The van der Waals surface area contributed by atoms with E-state index in [1.807, 2.05) is 12.4 Å². The van der Waals surface area contributed by atoms with Crippen molar-refractivity contribution in [3.8, 4) is 0 Å². The average molecular weight is 350 g/mol. The summed E-state index contributed by atoms with van der Waals surface area (Å²) in [5.41, 5.74) is 1.37. The summed E-state index contributed by atoms with van der Waals surface area (Å²) in [6.45, 7) is 4.59. The number of aromatic nitrogens is 1. The van der Waals surface area contributed by atoms with E-state index < -0.39 is 0 Å². The molecule has 2 heterocycles. The van der Waals surface area contributed by atoms with Crippen LogP contribution in [0.15, 0.2) is 49.1 Å². The smallest absolute Gasteiger partial charge is 0.0349 e. The van der Waals surface area contributed by atoms with E-state index in [9.17, 15) is 0 Å². The van der Waals surface area contributed by atoms with Crippen LogP contribution in [-0.4, -0.2) is 4.98 Å². The number of nitrogens with one attached hydrogen (secondary N) is 1. The van der Waals surface area contributed by atoms with Crippen LogP contribution >= 0.6 is 0 Å². The number of halogens is 1. The van der Waals surface area contributed by atoms with Crippen molar-refractivity contribution in [2.24, 2.45) is 5.92 Å². The van der Waals surface area contributed by atoms with E-state index in [1.54, 1.807) is 0 Å². The predicted molar refractivity (Wildman–Crippen MR) is 85.3 cm³/mol. The molecule has 21 heavy (non-hydrogen) atoms. The number of allylic oxidation sites excluding steroid dienone is 2. The summed E-state index contributed by atoms with van der Waals surface area (Å²) in [6, 6.07) is 4.29. The fraction of sp³-hybridized carbons (Fsp3) is 0.500. The second kappa shape index (κ2) is 9.04. The normalized spacial score (nSPS) is 16.9. The molecule has 1 aliphatic rings. The van der Waals surface area contributed by atoms with Gasteiger partial charge >= 0.3 is 0 Å². The molecule has 1 N–H and O–H groups in total. The Morgan fingerprint density at radius 2 is 1.81 bits per heavy atom. The third-order valence-electron chi connectivity index (χ3n) is 4.34. The Morgan fingerprint density at radius 1 is 1.14 bits per heavy atom. The van der Waals surface area contributed by atoms with Crippen molar-refractivity contribution in [2.75, 3.05) is 0 Å². The highest BCUT2D eigenvalue weighted by atomic mass is 79.9. The number of pyridine rings is 1. The molecule has 1 aromatic heterocycles. The van der Waals surface area contributed by atoms with Gasteiger partial charge in [0.05, 0.1) is 0 Å². The van der Waals surface area contributed by atoms with Gasteiger partial charge in [-0.2, -0.15) is 0 Å². The van der Waals surface area contributed by atoms with Gasteiger partial charge in [0, 0.05) is 17.8 Å². The van der Waals surface area contributed by atoms with Crippen LogP contribution in [0.2, 0.25) is 0 Å². The molecule has 0 amide bonds. The van der Waals surface area contributed by atoms with Crippen molar-refractivity contribution in [3.05, 3.63) is 54.6 Å². The summed E-state index contributed by atoms with van der Waals surface area (Å²) in [7, 11) is 0. The van der Waals surface area contributed by atoms with Crippen molar-refractivity contribution in [1.82, 2.24) is 10.3 Å². The predicted octanol–water partition coefficient (Wildman–Crippen LogP) is 1.56. The molecule has 0 fully saturated rings. The van der Waals surface area contributed by atoms with Crippen LogP contribution in [-0.2, 0) is 5.41 Å². The van der Waals surface area contributed by atoms with Gasteiger partial charge in [-0.1, -0.05) is 51.7 Å². The largest absolute Gasteiger partial charge is 1.00 e. The van der Waals surface area contributed by atoms with Gasteiger partial charge in [-0.25, -0.2) is 0 Å². The lowest BCUT2D eigenvalue weighted by Gasteiger charge is -2.33. The zero-order valence-electron chi connectivity index (χ0n) is 13.1. The van der Waals surface area contributed by atoms with Gasteiger partial charge in [-0.05, 0) is 42.4 Å². The first-order chi connectivity index (χ1) is 9.80. The lowest BCUT2D eigenvalue weighted by atomic mass is 9.72. The molecule has 0 saturated carbocycles. The van der Waals surface area contributed by atoms with E-state index in [-0.39, 0.29) is 22.4 Å². The average Bonchev–Trinajstić information content (AvgIpc) is 2.53. The molecule has 1 atom stereocenters. The Hall–Kier alpha value is -1.09. The molecule has 3 heteroatoms. The fourth-order valence-corrected chi connectivity index (χ4v) is 3.03. The molecule has 0 spiro atoms. The minimum atomic E-state index is 0. The lowest BCUT2D eigenvalue weighted by molar-refractivity contribution is -0.00000439. The first-order valence-corrected chi connectivity index (χ1v) is 7.82. The molecule has 2 rings (SSSR count). The third-order valence-corrected chi connectivity index (χ3v) is 4.34. The molecule has 1 aliphatic heterocycles. The van der Waals surface area contributed by atoms with Gasteiger partial charge in [-0.15, -0.1) is 0 Å². The summed E-state index contributed by atoms with van der Waals surface area (Å²) in [4.78, 5) is 4.16. The number of nitrogens with zero attached hydrogens (tertiary/aromatic N) is 1. The van der Waals surface area contributed by atoms with E-state index in [1.165, 1.54) is 37.7 Å². The number of dihydropyridines is 1. The van der Waals surface area contributed by atoms with Crippen molar-refractivity contribution < 1.29 is 17.0 Å². The molecule has 0 saturated heterocycles. The molecular weight excluding hydrogens is 324 g/mol. The highest BCUT2D eigenvalue weighted by molar-refractivity contribution is 5.37. The van der Waals surface area contributed by atoms with Crippen LogP contribution in [0.5, 0.6) is 0 Å². The summed E-state index contributed by atoms with van der Waals surface area (Å²) < 4.78 is 0. The molecule has 1 unspecified atom stereocenters. The highest BCUT2D eigenvalue weighted by Gasteiger charge is 2.30. The fourth-order valence-electron chi connectivity index (χ4n) is 3.03. The van der Waals surface area contributed by atoms with Gasteiger partial charge in [-0.3, -0.25) is 4.98 Å². The van der Waals surface area contributed by atoms with E-state index in [0.29, 0.717) is 0 Å². The molecule has 1 aromatic rings. The quantitative estimate of drug-likeness (QED) is 0.807. The van der Waals surface area contributed by atoms with Crippen molar-refractivity contribution in [3.63, 3.8) is 0 Å². The number of hydrogen-bond donors (Lipinski definition) is 1. The SMILES string of the molecule is CCCCC(CC)CC1(c2ccncc2)C=CNC=C1.[Br-]. The number of rotatable bonds is 7. The monoisotopic (exact) mass is 349 g/mol. The Labute approximate surface area is 139 Å². The standard InChI is InChI=1S/C18H26N2.BrH/c1-3-5-6-16(4-2)15-18(9-13-20-14-10-18)17-7-11-19-12-8-17;/h7-14,16,20H,3-6,15H2,1-2H3;1H/p-1. The van der Waals surface area contributed by atoms with Gasteiger partial charge in [0.15, 0.2) is 0 Å². The first kappa shape index (κ1) is 18.0. The minimum Gasteiger partial charge on any atom is -1.00 e. The van der Waals surface area contributed by atoms with E-state index >= 15 is 0 Å². The summed E-state index contributed by atoms with van der Waals surface area (Å²) in [6.07, 6.45) is 18.9. The summed E-state index contributed by atoms with van der Waals surface area (Å²) >= 11 is 0. The van der Waals surface area contributed by atoms with Crippen molar-refractivity contribution >= 4 is 0 Å². The first-order valence-electron chi connectivity index (χ1n) is 7.82. The van der Waals surface area contributed by atoms with Crippen molar-refractivity contribution in [1.29, 1.82) is 0 Å². The maximum atomic E-state index is 4.16. The van der Waals surface area contributed by atoms with Crippen LogP contribution in [0.25, 0.3) is 0 Å². The number of hydrogen-bond acceptors (Lipinski definition) is 2. The molecule has 0 radical (unpaired) electrons. The second-order valence-corrected chi connectivity index (χ2v) is 5.73. The maximum absolute atomic E-state index is 4.16. The van der Waals surface area contributed by atoms with Crippen molar-refractivity contribution in [2.45, 2.75) is 51.4 Å². The topological polar surface area (TPSA) is 24.9 Å². The Kier molecular flexibility index (Phi) is 7.73. The zero-order valence-corrected chi connectivity index (χ0v) is 14.6. The second-order valence-electron chi connectivity index (χ2n) is 5.73. The van der Waals surface area contributed by atoms with E-state index in [0.717, 1.165) is 5.92 Å². The van der Waals surface area contributed by atoms with Gasteiger partial charge < -0.3 is 22.3 Å². The summed E-state index contributed by atoms with van der Waals surface area (Å²) in [5, 5.41) is 3.17. The zero-order chi connectivity index (χ0) is 14.3. The van der Waals surface area contributed by atoms with Crippen LogP contribution in [0.3, 0.4) is 0 Å². The van der Waals surface area contributed by atoms with Gasteiger partial charge in [0.25, 0.3) is 0 Å². The lowest BCUT2D eigenvalue weighted by Crippen LogP contribution is -3.00. The number of unbranched alkanes of at least 4 members (excludes halogenated alkanes) is 1. The van der Waals surface area contributed by atoms with E-state index in [4.69, 9.17) is 0 Å². The molecule has 0 aromatic carbocycles. The van der Waals surface area contributed by atoms with Crippen LogP contribution in [0.4, 0.5) is 0 Å². The van der Waals surface area contributed by atoms with E-state index in [2.05, 4.69) is 60.8 Å². The Morgan fingerprint density at radius 3 is 2.38 bits per heavy atom. The Balaban J connectivity index is 0.00000220. The molecule has 0 aliphatic carbocycles. The minimum absolute atomic E-state index is 0. The van der Waals surface area contributed by atoms with Crippen LogP contribution < -0.4 is 22.3 Å².